The molecule has 1 aliphatic heterocycles. The number of carbonyl (C=O) groups is 2. The molecule has 0 spiro atoms. The second kappa shape index (κ2) is 16.5. The van der Waals surface area contributed by atoms with E-state index in [4.69, 9.17) is 9.57 Å². The summed E-state index contributed by atoms with van der Waals surface area (Å²) >= 11 is 0. The Balaban J connectivity index is 1.35. The van der Waals surface area contributed by atoms with Crippen LogP contribution in [0.1, 0.15) is 102 Å². The van der Waals surface area contributed by atoms with Gasteiger partial charge < -0.3 is 25.4 Å². The molecule has 56 heavy (non-hydrogen) atoms. The largest absolute Gasteiger partial charge is 0.496 e. The minimum atomic E-state index is -0.749. The van der Waals surface area contributed by atoms with E-state index in [1.54, 1.807) is 19.1 Å². The van der Waals surface area contributed by atoms with E-state index in [0.29, 0.717) is 47.4 Å². The summed E-state index contributed by atoms with van der Waals surface area (Å²) in [4.78, 5) is 36.9. The third-order valence-electron chi connectivity index (χ3n) is 13.4. The SMILES string of the molecule is CC[C@@H]1ON(Cc2cc(C(C)(C)C)cc(-c3cc(C(=O)NCCc4ccccc4)cc(N(C)C)c3)c2OC)[C@H](C(=O)NC2C[C@H]3C[C@@H]([C@@H]2C)C3(C)C)[C@@H]1[C@H](C)O. The molecule has 0 radical (unpaired) electrons. The van der Waals surface area contributed by atoms with Crippen molar-refractivity contribution in [1.29, 1.82) is 0 Å². The van der Waals surface area contributed by atoms with Crippen molar-refractivity contribution in [3.63, 3.8) is 0 Å². The molecule has 304 valence electrons. The van der Waals surface area contributed by atoms with E-state index in [1.807, 2.05) is 56.3 Å². The minimum Gasteiger partial charge on any atom is -0.496 e. The van der Waals surface area contributed by atoms with E-state index in [9.17, 15) is 14.7 Å². The second-order valence-corrected chi connectivity index (χ2v) is 18.6. The van der Waals surface area contributed by atoms with Crippen LogP contribution in [0.3, 0.4) is 0 Å². The number of aliphatic hydroxyl groups is 1. The van der Waals surface area contributed by atoms with Crippen molar-refractivity contribution >= 4 is 17.5 Å². The highest BCUT2D eigenvalue weighted by atomic mass is 16.7. The smallest absolute Gasteiger partial charge is 0.251 e. The minimum absolute atomic E-state index is 0.0874. The maximum Gasteiger partial charge on any atom is 0.251 e. The Bertz CT molecular complexity index is 1870. The number of amides is 2. The molecule has 3 aromatic rings. The zero-order valence-electron chi connectivity index (χ0n) is 35.6. The summed E-state index contributed by atoms with van der Waals surface area (Å²) in [5.41, 5.74) is 6.37. The van der Waals surface area contributed by atoms with Gasteiger partial charge in [0.2, 0.25) is 5.91 Å². The van der Waals surface area contributed by atoms with Gasteiger partial charge in [-0.05, 0) is 102 Å². The molecule has 4 aliphatic rings. The molecule has 0 aromatic heterocycles. The molecule has 2 bridgehead atoms. The lowest BCUT2D eigenvalue weighted by atomic mass is 9.45. The predicted molar refractivity (Wildman–Crippen MR) is 225 cm³/mol. The van der Waals surface area contributed by atoms with Gasteiger partial charge in [0.1, 0.15) is 11.8 Å². The number of aliphatic hydroxyl groups excluding tert-OH is 1. The van der Waals surface area contributed by atoms with Gasteiger partial charge in [0.05, 0.1) is 25.9 Å². The molecule has 3 saturated carbocycles. The van der Waals surface area contributed by atoms with E-state index in [0.717, 1.165) is 40.8 Å². The van der Waals surface area contributed by atoms with Gasteiger partial charge in [-0.2, -0.15) is 5.06 Å². The van der Waals surface area contributed by atoms with Crippen molar-refractivity contribution < 1.29 is 24.3 Å². The number of nitrogens with zero attached hydrogens (tertiary/aromatic N) is 2. The summed E-state index contributed by atoms with van der Waals surface area (Å²) in [6.45, 7) is 18.2. The first-order valence-electron chi connectivity index (χ1n) is 20.7. The predicted octanol–water partition coefficient (Wildman–Crippen LogP) is 7.78. The van der Waals surface area contributed by atoms with Gasteiger partial charge in [0, 0.05) is 55.0 Å². The molecule has 3 N–H and O–H groups in total. The van der Waals surface area contributed by atoms with E-state index < -0.39 is 18.1 Å². The van der Waals surface area contributed by atoms with Gasteiger partial charge in [-0.15, -0.1) is 0 Å². The fourth-order valence-corrected chi connectivity index (χ4v) is 9.76. The number of hydrogen-bond acceptors (Lipinski definition) is 7. The third kappa shape index (κ3) is 8.37. The summed E-state index contributed by atoms with van der Waals surface area (Å²) in [6, 6.07) is 19.8. The third-order valence-corrected chi connectivity index (χ3v) is 13.4. The highest BCUT2D eigenvalue weighted by Gasteiger charge is 2.57. The van der Waals surface area contributed by atoms with E-state index in [1.165, 1.54) is 12.0 Å². The second-order valence-electron chi connectivity index (χ2n) is 18.6. The number of carbonyl (C=O) groups excluding carboxylic acids is 2. The molecular formula is C47H66N4O5. The molecule has 1 unspecified atom stereocenters. The average molecular weight is 767 g/mol. The Kier molecular flexibility index (Phi) is 12.3. The number of hydroxylamine groups is 2. The maximum absolute atomic E-state index is 14.5. The molecule has 3 aromatic carbocycles. The fourth-order valence-electron chi connectivity index (χ4n) is 9.76. The molecule has 1 heterocycles. The normalized spacial score (nSPS) is 26.2. The van der Waals surface area contributed by atoms with Gasteiger partial charge in [0.25, 0.3) is 5.91 Å². The summed E-state index contributed by atoms with van der Waals surface area (Å²) in [5.74, 6) is 1.60. The summed E-state index contributed by atoms with van der Waals surface area (Å²) in [6.07, 6.45) is 2.54. The van der Waals surface area contributed by atoms with Crippen LogP contribution < -0.4 is 20.3 Å². The maximum atomic E-state index is 14.5. The highest BCUT2D eigenvalue weighted by molar-refractivity contribution is 5.97. The lowest BCUT2D eigenvalue weighted by Crippen LogP contribution is -2.62. The number of anilines is 1. The van der Waals surface area contributed by atoms with Crippen LogP contribution in [0.4, 0.5) is 5.69 Å². The summed E-state index contributed by atoms with van der Waals surface area (Å²) in [5, 5.41) is 19.6. The topological polar surface area (TPSA) is 103 Å². The quantitative estimate of drug-likeness (QED) is 0.163. The Morgan fingerprint density at radius 2 is 1.79 bits per heavy atom. The van der Waals surface area contributed by atoms with Gasteiger partial charge in [-0.25, -0.2) is 0 Å². The molecule has 9 heteroatoms. The number of methoxy groups -OCH3 is 1. The van der Waals surface area contributed by atoms with E-state index in [-0.39, 0.29) is 35.9 Å². The number of rotatable bonds is 13. The van der Waals surface area contributed by atoms with Crippen LogP contribution in [-0.2, 0) is 28.0 Å². The molecule has 1 saturated heterocycles. The number of hydrogen-bond donors (Lipinski definition) is 3. The monoisotopic (exact) mass is 767 g/mol. The van der Waals surface area contributed by atoms with Gasteiger partial charge in [-0.1, -0.05) is 84.9 Å². The van der Waals surface area contributed by atoms with Crippen molar-refractivity contribution in [2.24, 2.45) is 29.1 Å². The van der Waals surface area contributed by atoms with Crippen LogP contribution in [0.5, 0.6) is 5.75 Å². The molecule has 4 fully saturated rings. The van der Waals surface area contributed by atoms with Crippen molar-refractivity contribution in [3.8, 4) is 16.9 Å². The van der Waals surface area contributed by atoms with Gasteiger partial charge >= 0.3 is 0 Å². The van der Waals surface area contributed by atoms with Crippen molar-refractivity contribution in [3.05, 3.63) is 82.9 Å². The number of ether oxygens (including phenoxy) is 1. The molecule has 2 amide bonds. The molecule has 8 atom stereocenters. The summed E-state index contributed by atoms with van der Waals surface area (Å²) < 4.78 is 6.27. The first-order valence-corrected chi connectivity index (χ1v) is 20.7. The zero-order valence-corrected chi connectivity index (χ0v) is 35.6. The molecule has 7 rings (SSSR count). The van der Waals surface area contributed by atoms with E-state index >= 15 is 0 Å². The first kappa shape index (κ1) is 41.7. The Labute approximate surface area is 335 Å². The summed E-state index contributed by atoms with van der Waals surface area (Å²) in [7, 11) is 5.62. The lowest BCUT2D eigenvalue weighted by Gasteiger charge is -2.62. The lowest BCUT2D eigenvalue weighted by molar-refractivity contribution is -0.178. The van der Waals surface area contributed by atoms with Gasteiger partial charge in [0.15, 0.2) is 0 Å². The van der Waals surface area contributed by atoms with Crippen LogP contribution >= 0.6 is 0 Å². The fraction of sp³-hybridized carbons (Fsp3) is 0.574. The van der Waals surface area contributed by atoms with Crippen molar-refractivity contribution in [2.45, 2.75) is 117 Å². The Hall–Kier alpha value is -3.92. The average Bonchev–Trinajstić information content (AvgIpc) is 3.53. The van der Waals surface area contributed by atoms with Gasteiger partial charge in [-0.3, -0.25) is 14.4 Å². The number of fused-ring (bicyclic) bond motifs is 2. The van der Waals surface area contributed by atoms with E-state index in [2.05, 4.69) is 82.5 Å². The molecule has 3 aliphatic carbocycles. The first-order chi connectivity index (χ1) is 26.4. The zero-order chi connectivity index (χ0) is 40.7. The Morgan fingerprint density at radius 3 is 2.38 bits per heavy atom. The Morgan fingerprint density at radius 1 is 1.07 bits per heavy atom. The van der Waals surface area contributed by atoms with Crippen LogP contribution in [0.25, 0.3) is 11.1 Å². The van der Waals surface area contributed by atoms with Crippen LogP contribution in [0.15, 0.2) is 60.7 Å². The van der Waals surface area contributed by atoms with Crippen LogP contribution in [0.2, 0.25) is 0 Å². The van der Waals surface area contributed by atoms with Crippen molar-refractivity contribution in [1.82, 2.24) is 15.7 Å². The standard InChI is InChI=1S/C47H66N4O5/c1-12-40-41(29(3)52)42(45(54)49-39-26-35-25-38(28(39)2)47(35,7)8)51(56-40)27-33-21-34(46(4,5)6)24-37(43(33)55-11)31-20-32(23-36(22-31)50(9)10)44(53)48-19-18-30-16-14-13-15-17-30/h13-17,20-24,28-29,35,38-42,52H,12,18-19,25-27H2,1-11H3,(H,48,53)(H,49,54)/t28-,29-,35+,38-,39?,40-,41+,42-/m0/s1. The number of nitrogens with one attached hydrogen (secondary N) is 2. The van der Waals surface area contributed by atoms with Crippen LogP contribution in [0, 0.1) is 29.1 Å². The molecule has 9 nitrogen and oxygen atoms in total. The van der Waals surface area contributed by atoms with Crippen LogP contribution in [-0.4, -0.2) is 74.0 Å². The number of benzene rings is 3. The highest BCUT2D eigenvalue weighted by Crippen LogP contribution is 2.61. The van der Waals surface area contributed by atoms with Crippen molar-refractivity contribution in [2.75, 3.05) is 32.6 Å². The molecular weight excluding hydrogens is 701 g/mol.